The van der Waals surface area contributed by atoms with Crippen molar-refractivity contribution in [1.82, 2.24) is 0 Å². The molecule has 0 aliphatic carbocycles. The molecule has 0 bridgehead atoms. The lowest BCUT2D eigenvalue weighted by Crippen LogP contribution is -2.20. The third-order valence-corrected chi connectivity index (χ3v) is 2.94. The lowest BCUT2D eigenvalue weighted by atomic mass is 10.0. The van der Waals surface area contributed by atoms with Gasteiger partial charge in [-0.3, -0.25) is 4.79 Å². The van der Waals surface area contributed by atoms with Crippen LogP contribution in [-0.4, -0.2) is 5.91 Å². The summed E-state index contributed by atoms with van der Waals surface area (Å²) in [7, 11) is 0. The summed E-state index contributed by atoms with van der Waals surface area (Å²) in [4.78, 5) is 11.8. The lowest BCUT2D eigenvalue weighted by molar-refractivity contribution is -0.119. The summed E-state index contributed by atoms with van der Waals surface area (Å²) >= 11 is 0. The van der Waals surface area contributed by atoms with Crippen molar-refractivity contribution < 1.29 is 4.79 Å². The Bertz CT molecular complexity index is 371. The number of hydrogen-bond acceptors (Lipinski definition) is 1. The van der Waals surface area contributed by atoms with Crippen molar-refractivity contribution in [2.45, 2.75) is 40.5 Å². The minimum atomic E-state index is 0.0895. The highest BCUT2D eigenvalue weighted by atomic mass is 16.1. The predicted octanol–water partition coefficient (Wildman–Crippen LogP) is 3.68. The molecule has 1 aromatic rings. The molecule has 0 aliphatic heterocycles. The molecule has 0 spiro atoms. The predicted molar refractivity (Wildman–Crippen MR) is 68.6 cm³/mol. The van der Waals surface area contributed by atoms with Crippen molar-refractivity contribution in [3.05, 3.63) is 29.3 Å². The van der Waals surface area contributed by atoms with E-state index in [1.807, 2.05) is 25.1 Å². The number of anilines is 1. The molecule has 0 saturated heterocycles. The van der Waals surface area contributed by atoms with Gasteiger partial charge in [0.15, 0.2) is 0 Å². The van der Waals surface area contributed by atoms with E-state index in [4.69, 9.17) is 0 Å². The fraction of sp³-hybridized carbons (Fsp3) is 0.500. The highest BCUT2D eigenvalue weighted by molar-refractivity contribution is 5.92. The minimum absolute atomic E-state index is 0.0895. The average Bonchev–Trinajstić information content (AvgIpc) is 2.24. The summed E-state index contributed by atoms with van der Waals surface area (Å²) in [6.07, 6.45) is 1.98. The van der Waals surface area contributed by atoms with E-state index < -0.39 is 0 Å². The third-order valence-electron chi connectivity index (χ3n) is 2.94. The van der Waals surface area contributed by atoms with Crippen LogP contribution in [0.3, 0.4) is 0 Å². The lowest BCUT2D eigenvalue weighted by Gasteiger charge is -2.12. The second-order valence-electron chi connectivity index (χ2n) is 4.48. The number of hydrogen-bond donors (Lipinski definition) is 1. The Labute approximate surface area is 98.1 Å². The molecule has 0 aromatic heterocycles. The topological polar surface area (TPSA) is 29.1 Å². The fourth-order valence-corrected chi connectivity index (χ4v) is 1.65. The zero-order valence-corrected chi connectivity index (χ0v) is 10.6. The summed E-state index contributed by atoms with van der Waals surface area (Å²) in [6, 6.07) is 6.01. The summed E-state index contributed by atoms with van der Waals surface area (Å²) in [5.74, 6) is 0.205. The van der Waals surface area contributed by atoms with Crippen molar-refractivity contribution in [3.8, 4) is 0 Å². The van der Waals surface area contributed by atoms with Crippen LogP contribution in [-0.2, 0) is 4.79 Å². The number of carbonyl (C=O) groups is 1. The molecule has 1 N–H and O–H groups in total. The van der Waals surface area contributed by atoms with E-state index in [-0.39, 0.29) is 11.8 Å². The van der Waals surface area contributed by atoms with Gasteiger partial charge in [0.1, 0.15) is 0 Å². The first-order chi connectivity index (χ1) is 7.54. The monoisotopic (exact) mass is 219 g/mol. The molecule has 1 amide bonds. The van der Waals surface area contributed by atoms with Crippen LogP contribution in [0.4, 0.5) is 5.69 Å². The van der Waals surface area contributed by atoms with Gasteiger partial charge in [0.25, 0.3) is 0 Å². The first kappa shape index (κ1) is 12.8. The molecule has 0 radical (unpaired) electrons. The van der Waals surface area contributed by atoms with Gasteiger partial charge in [-0.2, -0.15) is 0 Å². The average molecular weight is 219 g/mol. The van der Waals surface area contributed by atoms with E-state index in [2.05, 4.69) is 26.1 Å². The number of rotatable bonds is 4. The van der Waals surface area contributed by atoms with E-state index in [0.29, 0.717) is 0 Å². The molecule has 1 aromatic carbocycles. The number of amides is 1. The first-order valence-electron chi connectivity index (χ1n) is 5.92. The van der Waals surface area contributed by atoms with E-state index in [0.717, 1.165) is 18.5 Å². The van der Waals surface area contributed by atoms with Gasteiger partial charge < -0.3 is 5.32 Å². The largest absolute Gasteiger partial charge is 0.326 e. The SMILES string of the molecule is CCCC(C)C(=O)Nc1ccc(C)c(C)c1. The van der Waals surface area contributed by atoms with Gasteiger partial charge in [-0.05, 0) is 43.5 Å². The second-order valence-corrected chi connectivity index (χ2v) is 4.48. The van der Waals surface area contributed by atoms with Crippen LogP contribution in [0.1, 0.15) is 37.8 Å². The Kier molecular flexibility index (Phi) is 4.53. The van der Waals surface area contributed by atoms with Crippen LogP contribution in [0, 0.1) is 19.8 Å². The van der Waals surface area contributed by atoms with Crippen molar-refractivity contribution >= 4 is 11.6 Å². The number of nitrogens with one attached hydrogen (secondary N) is 1. The van der Waals surface area contributed by atoms with Crippen LogP contribution in [0.2, 0.25) is 0 Å². The van der Waals surface area contributed by atoms with Gasteiger partial charge in [-0.25, -0.2) is 0 Å². The maximum atomic E-state index is 11.8. The van der Waals surface area contributed by atoms with Crippen LogP contribution >= 0.6 is 0 Å². The summed E-state index contributed by atoms with van der Waals surface area (Å²) in [5, 5.41) is 2.96. The normalized spacial score (nSPS) is 12.2. The molecule has 0 fully saturated rings. The molecule has 0 heterocycles. The molecule has 16 heavy (non-hydrogen) atoms. The van der Waals surface area contributed by atoms with E-state index in [9.17, 15) is 4.79 Å². The Balaban J connectivity index is 2.66. The summed E-state index contributed by atoms with van der Waals surface area (Å²) < 4.78 is 0. The van der Waals surface area contributed by atoms with Gasteiger partial charge in [-0.15, -0.1) is 0 Å². The van der Waals surface area contributed by atoms with Gasteiger partial charge in [0.2, 0.25) is 5.91 Å². The van der Waals surface area contributed by atoms with Crippen LogP contribution in [0.25, 0.3) is 0 Å². The van der Waals surface area contributed by atoms with E-state index >= 15 is 0 Å². The van der Waals surface area contributed by atoms with E-state index in [1.165, 1.54) is 11.1 Å². The van der Waals surface area contributed by atoms with Gasteiger partial charge in [0, 0.05) is 11.6 Å². The van der Waals surface area contributed by atoms with Crippen LogP contribution < -0.4 is 5.32 Å². The zero-order chi connectivity index (χ0) is 12.1. The molecular formula is C14H21NO. The van der Waals surface area contributed by atoms with Crippen molar-refractivity contribution in [1.29, 1.82) is 0 Å². The maximum Gasteiger partial charge on any atom is 0.227 e. The van der Waals surface area contributed by atoms with E-state index in [1.54, 1.807) is 0 Å². The summed E-state index contributed by atoms with van der Waals surface area (Å²) in [5.41, 5.74) is 3.36. The molecule has 2 nitrogen and oxygen atoms in total. The van der Waals surface area contributed by atoms with Crippen molar-refractivity contribution in [3.63, 3.8) is 0 Å². The molecule has 0 aliphatic rings. The fourth-order valence-electron chi connectivity index (χ4n) is 1.65. The molecule has 1 atom stereocenters. The van der Waals surface area contributed by atoms with Crippen molar-refractivity contribution in [2.24, 2.45) is 5.92 Å². The van der Waals surface area contributed by atoms with Crippen molar-refractivity contribution in [2.75, 3.05) is 5.32 Å². The molecule has 1 rings (SSSR count). The van der Waals surface area contributed by atoms with Crippen LogP contribution in [0.15, 0.2) is 18.2 Å². The Morgan fingerprint density at radius 2 is 2.00 bits per heavy atom. The summed E-state index contributed by atoms with van der Waals surface area (Å²) in [6.45, 7) is 8.20. The third kappa shape index (κ3) is 3.37. The smallest absolute Gasteiger partial charge is 0.227 e. The number of benzene rings is 1. The molecule has 88 valence electrons. The van der Waals surface area contributed by atoms with Gasteiger partial charge >= 0.3 is 0 Å². The minimum Gasteiger partial charge on any atom is -0.326 e. The first-order valence-corrected chi connectivity index (χ1v) is 5.92. The standard InChI is InChI=1S/C14H21NO/c1-5-6-11(3)14(16)15-13-8-7-10(2)12(4)9-13/h7-9,11H,5-6H2,1-4H3,(H,15,16). The second kappa shape index (κ2) is 5.69. The quantitative estimate of drug-likeness (QED) is 0.822. The molecular weight excluding hydrogens is 198 g/mol. The number of aryl methyl sites for hydroxylation is 2. The van der Waals surface area contributed by atoms with Crippen LogP contribution in [0.5, 0.6) is 0 Å². The Morgan fingerprint density at radius 1 is 1.31 bits per heavy atom. The number of carbonyl (C=O) groups excluding carboxylic acids is 1. The molecule has 0 saturated carbocycles. The highest BCUT2D eigenvalue weighted by Crippen LogP contribution is 2.16. The maximum absolute atomic E-state index is 11.8. The zero-order valence-electron chi connectivity index (χ0n) is 10.6. The van der Waals surface area contributed by atoms with Gasteiger partial charge in [0.05, 0.1) is 0 Å². The Morgan fingerprint density at radius 3 is 2.56 bits per heavy atom. The highest BCUT2D eigenvalue weighted by Gasteiger charge is 2.11. The van der Waals surface area contributed by atoms with Gasteiger partial charge in [-0.1, -0.05) is 26.3 Å². The molecule has 2 heteroatoms. The Hall–Kier alpha value is -1.31. The molecule has 1 unspecified atom stereocenters.